The van der Waals surface area contributed by atoms with Crippen molar-refractivity contribution in [2.24, 2.45) is 5.73 Å². The van der Waals surface area contributed by atoms with E-state index in [0.29, 0.717) is 25.5 Å². The van der Waals surface area contributed by atoms with Gasteiger partial charge in [0.25, 0.3) is 11.8 Å². The van der Waals surface area contributed by atoms with E-state index < -0.39 is 5.91 Å². The monoisotopic (exact) mass is 394 g/mol. The minimum atomic E-state index is -0.691. The maximum Gasteiger partial charge on any atom is 0.271 e. The number of carbonyl (C=O) groups excluding carboxylic acids is 2. The van der Waals surface area contributed by atoms with Crippen molar-refractivity contribution in [2.45, 2.75) is 0 Å². The second kappa shape index (κ2) is 8.38. The van der Waals surface area contributed by atoms with Gasteiger partial charge in [0.2, 0.25) is 0 Å². The second-order valence-corrected chi connectivity index (χ2v) is 6.75. The minimum absolute atomic E-state index is 0.0325. The number of nitrogens with two attached hydrogens (primary N) is 1. The Labute approximate surface area is 167 Å². The zero-order valence-corrected chi connectivity index (χ0v) is 15.9. The molecule has 1 aliphatic heterocycles. The summed E-state index contributed by atoms with van der Waals surface area (Å²) in [5.74, 6) is -1.00. The highest BCUT2D eigenvalue weighted by molar-refractivity contribution is 5.99. The van der Waals surface area contributed by atoms with Gasteiger partial charge in [0, 0.05) is 26.2 Å². The number of primary amides is 1. The number of morpholine rings is 1. The number of aromatic nitrogens is 3. The van der Waals surface area contributed by atoms with Crippen LogP contribution in [0.15, 0.2) is 42.7 Å². The number of nitrogens with zero attached hydrogens (tertiary/aromatic N) is 4. The summed E-state index contributed by atoms with van der Waals surface area (Å²) >= 11 is 0. The van der Waals surface area contributed by atoms with Crippen LogP contribution in [0.1, 0.15) is 21.0 Å². The van der Waals surface area contributed by atoms with E-state index in [2.05, 4.69) is 20.2 Å². The van der Waals surface area contributed by atoms with Gasteiger partial charge in [-0.1, -0.05) is 30.3 Å². The number of carbonyl (C=O) groups is 2. The van der Waals surface area contributed by atoms with Crippen LogP contribution in [0.4, 0.5) is 0 Å². The average Bonchev–Trinajstić information content (AvgIpc) is 3.19. The van der Waals surface area contributed by atoms with E-state index in [1.807, 2.05) is 30.3 Å². The molecule has 0 unspecified atom stereocenters. The molecule has 29 heavy (non-hydrogen) atoms. The topological polar surface area (TPSA) is 115 Å². The number of benzene rings is 1. The standard InChI is InChI=1S/C20H22N6O3/c21-18(27)17-19-24-15(20(28)22-6-7-25-8-10-29-11-9-25)12-16(26(19)13-23-17)14-4-2-1-3-5-14/h1-5,12-13H,6-11H2,(H2,21,27)(H,22,28). The first-order valence-corrected chi connectivity index (χ1v) is 9.45. The van der Waals surface area contributed by atoms with Crippen molar-refractivity contribution in [3.05, 3.63) is 54.1 Å². The summed E-state index contributed by atoms with van der Waals surface area (Å²) in [6.07, 6.45) is 1.49. The van der Waals surface area contributed by atoms with Gasteiger partial charge in [0.15, 0.2) is 11.3 Å². The Morgan fingerprint density at radius 2 is 1.93 bits per heavy atom. The molecule has 3 heterocycles. The zero-order valence-electron chi connectivity index (χ0n) is 15.9. The van der Waals surface area contributed by atoms with Crippen molar-refractivity contribution in [3.63, 3.8) is 0 Å². The lowest BCUT2D eigenvalue weighted by Gasteiger charge is -2.26. The molecule has 1 aliphatic rings. The largest absolute Gasteiger partial charge is 0.379 e. The first kappa shape index (κ1) is 19.0. The van der Waals surface area contributed by atoms with Gasteiger partial charge in [-0.25, -0.2) is 9.97 Å². The number of imidazole rings is 1. The van der Waals surface area contributed by atoms with E-state index in [-0.39, 0.29) is 22.9 Å². The Morgan fingerprint density at radius 3 is 2.66 bits per heavy atom. The molecule has 0 saturated carbocycles. The van der Waals surface area contributed by atoms with Crippen LogP contribution in [0.2, 0.25) is 0 Å². The SMILES string of the molecule is NC(=O)c1ncn2c(-c3ccccc3)cc(C(=O)NCCN3CCOCC3)nc12. The van der Waals surface area contributed by atoms with E-state index in [0.717, 1.165) is 25.2 Å². The van der Waals surface area contributed by atoms with Gasteiger partial charge in [-0.15, -0.1) is 0 Å². The van der Waals surface area contributed by atoms with Crippen molar-refractivity contribution < 1.29 is 14.3 Å². The number of hydrogen-bond donors (Lipinski definition) is 2. The van der Waals surface area contributed by atoms with Gasteiger partial charge >= 0.3 is 0 Å². The van der Waals surface area contributed by atoms with Crippen LogP contribution in [-0.4, -0.2) is 70.5 Å². The lowest BCUT2D eigenvalue weighted by Crippen LogP contribution is -2.41. The number of nitrogens with one attached hydrogen (secondary N) is 1. The van der Waals surface area contributed by atoms with E-state index in [9.17, 15) is 9.59 Å². The molecule has 9 nitrogen and oxygen atoms in total. The minimum Gasteiger partial charge on any atom is -0.379 e. The molecular weight excluding hydrogens is 372 g/mol. The Balaban J connectivity index is 1.62. The van der Waals surface area contributed by atoms with Crippen LogP contribution in [0.5, 0.6) is 0 Å². The average molecular weight is 394 g/mol. The van der Waals surface area contributed by atoms with Crippen LogP contribution < -0.4 is 11.1 Å². The fourth-order valence-electron chi connectivity index (χ4n) is 3.33. The number of rotatable bonds is 6. The normalized spacial score (nSPS) is 14.8. The molecule has 0 aliphatic carbocycles. The molecule has 1 fully saturated rings. The molecule has 2 amide bonds. The lowest BCUT2D eigenvalue weighted by molar-refractivity contribution is 0.0383. The van der Waals surface area contributed by atoms with Gasteiger partial charge in [0.05, 0.1) is 18.9 Å². The molecule has 0 atom stereocenters. The third kappa shape index (κ3) is 4.10. The molecule has 150 valence electrons. The van der Waals surface area contributed by atoms with Crippen LogP contribution in [0.3, 0.4) is 0 Å². The fourth-order valence-corrected chi connectivity index (χ4v) is 3.33. The third-order valence-corrected chi connectivity index (χ3v) is 4.85. The highest BCUT2D eigenvalue weighted by Gasteiger charge is 2.19. The van der Waals surface area contributed by atoms with Crippen LogP contribution in [0, 0.1) is 0 Å². The fraction of sp³-hybridized carbons (Fsp3) is 0.300. The summed E-state index contributed by atoms with van der Waals surface area (Å²) in [5, 5.41) is 2.90. The molecule has 3 aromatic rings. The first-order valence-electron chi connectivity index (χ1n) is 9.45. The summed E-state index contributed by atoms with van der Waals surface area (Å²) in [6.45, 7) is 4.37. The van der Waals surface area contributed by atoms with E-state index in [1.54, 1.807) is 10.5 Å². The maximum atomic E-state index is 12.8. The Bertz CT molecular complexity index is 1030. The molecule has 1 aromatic carbocycles. The summed E-state index contributed by atoms with van der Waals surface area (Å²) in [7, 11) is 0. The van der Waals surface area contributed by atoms with Gasteiger partial charge in [-0.2, -0.15) is 0 Å². The zero-order chi connectivity index (χ0) is 20.2. The number of ether oxygens (including phenoxy) is 1. The summed E-state index contributed by atoms with van der Waals surface area (Å²) in [4.78, 5) is 35.2. The van der Waals surface area contributed by atoms with Gasteiger partial charge in [-0.3, -0.25) is 18.9 Å². The van der Waals surface area contributed by atoms with Crippen molar-refractivity contribution in [3.8, 4) is 11.3 Å². The number of fused-ring (bicyclic) bond motifs is 1. The molecule has 4 rings (SSSR count). The van der Waals surface area contributed by atoms with Gasteiger partial charge in [-0.05, 0) is 11.6 Å². The van der Waals surface area contributed by atoms with Crippen molar-refractivity contribution >= 4 is 17.5 Å². The third-order valence-electron chi connectivity index (χ3n) is 4.85. The molecule has 9 heteroatoms. The highest BCUT2D eigenvalue weighted by Crippen LogP contribution is 2.22. The van der Waals surface area contributed by atoms with Crippen LogP contribution in [0.25, 0.3) is 16.9 Å². The Kier molecular flexibility index (Phi) is 5.50. The van der Waals surface area contributed by atoms with Crippen molar-refractivity contribution in [1.82, 2.24) is 24.6 Å². The second-order valence-electron chi connectivity index (χ2n) is 6.75. The lowest BCUT2D eigenvalue weighted by atomic mass is 10.1. The van der Waals surface area contributed by atoms with E-state index >= 15 is 0 Å². The Hall–Kier alpha value is -3.30. The maximum absolute atomic E-state index is 12.8. The molecule has 0 bridgehead atoms. The Morgan fingerprint density at radius 1 is 1.17 bits per heavy atom. The summed E-state index contributed by atoms with van der Waals surface area (Å²) < 4.78 is 7.00. The molecule has 0 radical (unpaired) electrons. The molecule has 3 N–H and O–H groups in total. The van der Waals surface area contributed by atoms with Gasteiger partial charge in [0.1, 0.15) is 12.0 Å². The highest BCUT2D eigenvalue weighted by atomic mass is 16.5. The molecule has 2 aromatic heterocycles. The first-order chi connectivity index (χ1) is 14.1. The van der Waals surface area contributed by atoms with Crippen LogP contribution in [-0.2, 0) is 4.74 Å². The predicted molar refractivity (Wildman–Crippen MR) is 107 cm³/mol. The van der Waals surface area contributed by atoms with E-state index in [1.165, 1.54) is 6.33 Å². The molecular formula is C20H22N6O3. The van der Waals surface area contributed by atoms with Crippen LogP contribution >= 0.6 is 0 Å². The quantitative estimate of drug-likeness (QED) is 0.631. The smallest absolute Gasteiger partial charge is 0.271 e. The molecule has 1 saturated heterocycles. The number of amides is 2. The predicted octanol–water partition coefficient (Wildman–Crippen LogP) is 0.557. The summed E-state index contributed by atoms with van der Waals surface area (Å²) in [6, 6.07) is 11.2. The summed E-state index contributed by atoms with van der Waals surface area (Å²) in [5.41, 5.74) is 7.51. The number of hydrogen-bond acceptors (Lipinski definition) is 6. The van der Waals surface area contributed by atoms with Crippen molar-refractivity contribution in [2.75, 3.05) is 39.4 Å². The molecule has 0 spiro atoms. The van der Waals surface area contributed by atoms with Gasteiger partial charge < -0.3 is 15.8 Å². The van der Waals surface area contributed by atoms with Crippen molar-refractivity contribution in [1.29, 1.82) is 0 Å². The van der Waals surface area contributed by atoms with E-state index in [4.69, 9.17) is 10.5 Å².